The first kappa shape index (κ1) is 17.2. The van der Waals surface area contributed by atoms with Crippen molar-refractivity contribution in [3.63, 3.8) is 0 Å². The van der Waals surface area contributed by atoms with Crippen LogP contribution in [-0.4, -0.2) is 39.5 Å². The fourth-order valence-electron chi connectivity index (χ4n) is 3.45. The van der Waals surface area contributed by atoms with E-state index in [4.69, 9.17) is 0 Å². The first-order valence-corrected chi connectivity index (χ1v) is 8.70. The lowest BCUT2D eigenvalue weighted by Gasteiger charge is -2.25. The third-order valence-corrected chi connectivity index (χ3v) is 4.87. The molecule has 25 heavy (non-hydrogen) atoms. The van der Waals surface area contributed by atoms with Crippen molar-refractivity contribution < 1.29 is 9.59 Å². The van der Waals surface area contributed by atoms with Gasteiger partial charge in [-0.25, -0.2) is 0 Å². The zero-order valence-electron chi connectivity index (χ0n) is 14.9. The topological polar surface area (TPSA) is 78.1 Å². The number of hydrogen-bond donors (Lipinski definition) is 2. The number of benzene rings is 1. The molecule has 6 heteroatoms. The Hall–Kier alpha value is -2.63. The smallest absolute Gasteiger partial charge is 0.255 e. The van der Waals surface area contributed by atoms with E-state index in [1.54, 1.807) is 4.90 Å². The van der Waals surface area contributed by atoms with E-state index in [0.717, 1.165) is 28.9 Å². The molecule has 0 bridgehead atoms. The number of nitrogens with one attached hydrogen (secondary N) is 2. The molecule has 0 saturated carbocycles. The van der Waals surface area contributed by atoms with Gasteiger partial charge in [0.2, 0.25) is 5.91 Å². The normalized spacial score (nSPS) is 14.5. The van der Waals surface area contributed by atoms with Crippen LogP contribution in [0.5, 0.6) is 0 Å². The van der Waals surface area contributed by atoms with Crippen LogP contribution < -0.4 is 5.32 Å². The van der Waals surface area contributed by atoms with E-state index in [0.29, 0.717) is 25.1 Å². The van der Waals surface area contributed by atoms with E-state index >= 15 is 0 Å². The second kappa shape index (κ2) is 7.09. The molecule has 0 saturated heterocycles. The molecule has 2 N–H and O–H groups in total. The molecule has 1 aliphatic heterocycles. The molecule has 0 unspecified atom stereocenters. The maximum absolute atomic E-state index is 12.6. The molecular formula is C19H24N4O2. The van der Waals surface area contributed by atoms with Crippen molar-refractivity contribution >= 4 is 11.8 Å². The van der Waals surface area contributed by atoms with Crippen molar-refractivity contribution in [1.29, 1.82) is 0 Å². The Labute approximate surface area is 147 Å². The van der Waals surface area contributed by atoms with Crippen molar-refractivity contribution in [2.24, 2.45) is 0 Å². The van der Waals surface area contributed by atoms with Gasteiger partial charge in [-0.15, -0.1) is 0 Å². The van der Waals surface area contributed by atoms with Crippen molar-refractivity contribution in [3.05, 3.63) is 52.3 Å². The number of aryl methyl sites for hydroxylation is 2. The van der Waals surface area contributed by atoms with E-state index in [9.17, 15) is 9.59 Å². The van der Waals surface area contributed by atoms with Crippen LogP contribution in [0, 0.1) is 13.8 Å². The highest BCUT2D eigenvalue weighted by Crippen LogP contribution is 2.25. The third kappa shape index (κ3) is 3.29. The molecule has 1 atom stereocenters. The second-order valence-corrected chi connectivity index (χ2v) is 6.47. The minimum atomic E-state index is -0.438. The number of amides is 2. The van der Waals surface area contributed by atoms with E-state index in [1.165, 1.54) is 0 Å². The molecule has 0 radical (unpaired) electrons. The molecule has 2 heterocycles. The summed E-state index contributed by atoms with van der Waals surface area (Å²) in [5.41, 5.74) is 4.83. The summed E-state index contributed by atoms with van der Waals surface area (Å²) in [6, 6.07) is 7.12. The Balaban J connectivity index is 1.62. The number of H-pyrrole nitrogens is 1. The summed E-state index contributed by atoms with van der Waals surface area (Å²) in [5, 5.41) is 10.1. The summed E-state index contributed by atoms with van der Waals surface area (Å²) < 4.78 is 0. The van der Waals surface area contributed by atoms with Crippen LogP contribution in [0.15, 0.2) is 24.3 Å². The number of fused-ring (bicyclic) bond motifs is 1. The van der Waals surface area contributed by atoms with Gasteiger partial charge in [0, 0.05) is 24.3 Å². The summed E-state index contributed by atoms with van der Waals surface area (Å²) >= 11 is 0. The van der Waals surface area contributed by atoms with Gasteiger partial charge in [0.05, 0.1) is 5.69 Å². The van der Waals surface area contributed by atoms with Gasteiger partial charge in [0.1, 0.15) is 6.04 Å². The van der Waals surface area contributed by atoms with E-state index in [2.05, 4.69) is 15.5 Å². The number of aromatic amines is 1. The van der Waals surface area contributed by atoms with Crippen LogP contribution in [0.1, 0.15) is 46.2 Å². The maximum Gasteiger partial charge on any atom is 0.255 e. The first-order chi connectivity index (χ1) is 12.0. The SMILES string of the molecule is CC[C@H](C(=O)NCCc1c(C)n[nH]c1C)N1Cc2ccccc2C1=O. The van der Waals surface area contributed by atoms with E-state index in [-0.39, 0.29) is 11.8 Å². The quantitative estimate of drug-likeness (QED) is 0.845. The van der Waals surface area contributed by atoms with Crippen LogP contribution in [0.4, 0.5) is 0 Å². The van der Waals surface area contributed by atoms with Crippen molar-refractivity contribution in [3.8, 4) is 0 Å². The lowest BCUT2D eigenvalue weighted by atomic mass is 10.1. The second-order valence-electron chi connectivity index (χ2n) is 6.47. The van der Waals surface area contributed by atoms with E-state index < -0.39 is 6.04 Å². The zero-order valence-corrected chi connectivity index (χ0v) is 14.9. The Kier molecular flexibility index (Phi) is 4.88. The molecule has 2 aromatic rings. The van der Waals surface area contributed by atoms with Crippen LogP contribution >= 0.6 is 0 Å². The summed E-state index contributed by atoms with van der Waals surface area (Å²) in [6.45, 7) is 6.90. The maximum atomic E-state index is 12.6. The minimum Gasteiger partial charge on any atom is -0.354 e. The number of rotatable bonds is 6. The summed E-state index contributed by atoms with van der Waals surface area (Å²) in [6.07, 6.45) is 1.32. The van der Waals surface area contributed by atoms with Crippen molar-refractivity contribution in [1.82, 2.24) is 20.4 Å². The largest absolute Gasteiger partial charge is 0.354 e. The molecule has 3 rings (SSSR count). The van der Waals surface area contributed by atoms with Gasteiger partial charge in [0.25, 0.3) is 5.91 Å². The van der Waals surface area contributed by atoms with Crippen molar-refractivity contribution in [2.45, 2.75) is 46.2 Å². The Morgan fingerprint density at radius 1 is 1.36 bits per heavy atom. The van der Waals surface area contributed by atoms with E-state index in [1.807, 2.05) is 45.0 Å². The Morgan fingerprint density at radius 3 is 2.76 bits per heavy atom. The van der Waals surface area contributed by atoms with Gasteiger partial charge in [-0.1, -0.05) is 25.1 Å². The van der Waals surface area contributed by atoms with Gasteiger partial charge < -0.3 is 10.2 Å². The lowest BCUT2D eigenvalue weighted by Crippen LogP contribution is -2.47. The molecule has 1 aromatic heterocycles. The highest BCUT2D eigenvalue weighted by molar-refractivity contribution is 6.01. The summed E-state index contributed by atoms with van der Waals surface area (Å²) in [5.74, 6) is -0.151. The number of hydrogen-bond acceptors (Lipinski definition) is 3. The molecule has 0 fully saturated rings. The van der Waals surface area contributed by atoms with Crippen LogP contribution in [0.2, 0.25) is 0 Å². The van der Waals surface area contributed by atoms with Gasteiger partial charge in [-0.3, -0.25) is 14.7 Å². The van der Waals surface area contributed by atoms with Crippen LogP contribution in [0.25, 0.3) is 0 Å². The van der Waals surface area contributed by atoms with Crippen molar-refractivity contribution in [2.75, 3.05) is 6.54 Å². The number of carbonyl (C=O) groups is 2. The minimum absolute atomic E-state index is 0.0564. The number of aromatic nitrogens is 2. The fraction of sp³-hybridized carbons (Fsp3) is 0.421. The molecule has 0 aliphatic carbocycles. The summed E-state index contributed by atoms with van der Waals surface area (Å²) in [4.78, 5) is 26.9. The lowest BCUT2D eigenvalue weighted by molar-refractivity contribution is -0.125. The third-order valence-electron chi connectivity index (χ3n) is 4.87. The molecule has 6 nitrogen and oxygen atoms in total. The van der Waals surface area contributed by atoms with Gasteiger partial charge in [0.15, 0.2) is 0 Å². The highest BCUT2D eigenvalue weighted by Gasteiger charge is 2.34. The van der Waals surface area contributed by atoms with Crippen LogP contribution in [-0.2, 0) is 17.8 Å². The Morgan fingerprint density at radius 2 is 2.12 bits per heavy atom. The highest BCUT2D eigenvalue weighted by atomic mass is 16.2. The average molecular weight is 340 g/mol. The predicted octanol–water partition coefficient (Wildman–Crippen LogP) is 2.12. The molecule has 1 aliphatic rings. The molecule has 2 amide bonds. The number of nitrogens with zero attached hydrogens (tertiary/aromatic N) is 2. The zero-order chi connectivity index (χ0) is 18.0. The molecule has 132 valence electrons. The average Bonchev–Trinajstić information content (AvgIpc) is 3.10. The molecule has 0 spiro atoms. The standard InChI is InChI=1S/C19H24N4O2/c1-4-17(23-11-14-7-5-6-8-16(14)19(23)25)18(24)20-10-9-15-12(2)21-22-13(15)3/h5-8,17H,4,9-11H2,1-3H3,(H,20,24)(H,21,22)/t17-/m1/s1. The number of carbonyl (C=O) groups excluding carboxylic acids is 2. The predicted molar refractivity (Wildman–Crippen MR) is 95.2 cm³/mol. The van der Waals surface area contributed by atoms with Gasteiger partial charge in [-0.2, -0.15) is 5.10 Å². The fourth-order valence-corrected chi connectivity index (χ4v) is 3.45. The Bertz CT molecular complexity index is 777. The first-order valence-electron chi connectivity index (χ1n) is 8.70. The van der Waals surface area contributed by atoms with Gasteiger partial charge >= 0.3 is 0 Å². The van der Waals surface area contributed by atoms with Gasteiger partial charge in [-0.05, 0) is 43.9 Å². The molecule has 1 aromatic carbocycles. The molecular weight excluding hydrogens is 316 g/mol. The summed E-state index contributed by atoms with van der Waals surface area (Å²) in [7, 11) is 0. The van der Waals surface area contributed by atoms with Crippen LogP contribution in [0.3, 0.4) is 0 Å². The monoisotopic (exact) mass is 340 g/mol.